The van der Waals surface area contributed by atoms with E-state index in [0.29, 0.717) is 0 Å². The molecule has 0 saturated heterocycles. The molecule has 0 aliphatic carbocycles. The molecule has 0 saturated carbocycles. The Balaban J connectivity index is 1.13. The first-order valence-electron chi connectivity index (χ1n) is 20.1. The van der Waals surface area contributed by atoms with Gasteiger partial charge in [-0.2, -0.15) is 0 Å². The highest BCUT2D eigenvalue weighted by molar-refractivity contribution is 7.26. The molecule has 9 aromatic rings. The molecule has 0 aliphatic heterocycles. The van der Waals surface area contributed by atoms with Gasteiger partial charge in [-0.25, -0.2) is 0 Å². The minimum atomic E-state index is 0.773. The lowest BCUT2D eigenvalue weighted by Gasteiger charge is -2.27. The van der Waals surface area contributed by atoms with E-state index in [1.165, 1.54) is 58.1 Å². The molecule has 0 amide bonds. The number of benzene rings is 8. The maximum atomic E-state index is 4.68. The van der Waals surface area contributed by atoms with Crippen LogP contribution in [0.2, 0.25) is 0 Å². The third kappa shape index (κ3) is 7.37. The highest BCUT2D eigenvalue weighted by atomic mass is 32.1. The standard InChI is InChI=1S/C58H43NS/c1-5-7-19-45-36-43-20-8-9-21-44(43)38-56(45)46-25-17-27-49(37-46)59(48(6-2)26-16-23-42-24-18-32-54-53-31-14-15-33-57(53)60-58(42)54)41(4)35-34-40(3)55-39-47-22-10-11-28-50(47)51-29-12-13-30-52(51)55/h5-39H,1-4H2/b19-7-,23-16+,35-34-,48-26+. The lowest BCUT2D eigenvalue weighted by molar-refractivity contribution is 1.15. The number of rotatable bonds is 12. The van der Waals surface area contributed by atoms with Crippen molar-refractivity contribution in [2.45, 2.75) is 0 Å². The van der Waals surface area contributed by atoms with Crippen molar-refractivity contribution in [1.29, 1.82) is 0 Å². The van der Waals surface area contributed by atoms with Crippen LogP contribution >= 0.6 is 11.3 Å². The molecular formula is C58H43NS. The third-order valence-corrected chi connectivity index (χ3v) is 12.3. The molecule has 0 bridgehead atoms. The molecule has 0 spiro atoms. The highest BCUT2D eigenvalue weighted by Crippen LogP contribution is 2.38. The average molecular weight is 786 g/mol. The summed E-state index contributed by atoms with van der Waals surface area (Å²) < 4.78 is 2.56. The molecule has 0 aliphatic rings. The molecule has 0 atom stereocenters. The number of allylic oxidation sites excluding steroid dienone is 8. The topological polar surface area (TPSA) is 3.24 Å². The van der Waals surface area contributed by atoms with Gasteiger partial charge in [0.1, 0.15) is 0 Å². The van der Waals surface area contributed by atoms with Crippen molar-refractivity contribution in [3.63, 3.8) is 0 Å². The minimum Gasteiger partial charge on any atom is -0.311 e. The number of thiophene rings is 1. The van der Waals surface area contributed by atoms with Gasteiger partial charge in [0.2, 0.25) is 0 Å². The second kappa shape index (κ2) is 16.8. The van der Waals surface area contributed by atoms with Crippen LogP contribution in [-0.4, -0.2) is 0 Å². The molecule has 9 rings (SSSR count). The number of hydrogen-bond donors (Lipinski definition) is 0. The summed E-state index contributed by atoms with van der Waals surface area (Å²) in [6, 6.07) is 56.2. The summed E-state index contributed by atoms with van der Waals surface area (Å²) in [4.78, 5) is 2.17. The van der Waals surface area contributed by atoms with Gasteiger partial charge < -0.3 is 4.90 Å². The van der Waals surface area contributed by atoms with Crippen molar-refractivity contribution in [2.24, 2.45) is 0 Å². The summed E-state index contributed by atoms with van der Waals surface area (Å²) in [7, 11) is 0. The van der Waals surface area contributed by atoms with Crippen molar-refractivity contribution in [3.8, 4) is 11.1 Å². The monoisotopic (exact) mass is 785 g/mol. The zero-order chi connectivity index (χ0) is 41.0. The first-order chi connectivity index (χ1) is 29.5. The van der Waals surface area contributed by atoms with Gasteiger partial charge in [-0.1, -0.05) is 184 Å². The van der Waals surface area contributed by atoms with Crippen molar-refractivity contribution < 1.29 is 0 Å². The van der Waals surface area contributed by atoms with Crippen LogP contribution in [0.25, 0.3) is 81.3 Å². The smallest absolute Gasteiger partial charge is 0.0467 e. The van der Waals surface area contributed by atoms with Gasteiger partial charge in [-0.3, -0.25) is 0 Å². The SMILES string of the molecule is C=C/C=C\c1cc2ccccc2cc1-c1cccc(N(C(=C)/C=C\C(=C)c2cc3ccccc3c3ccccc23)/C(C=C)=C/C=C/c2cccc3c2sc2ccccc23)c1. The van der Waals surface area contributed by atoms with Gasteiger partial charge in [0, 0.05) is 37.3 Å². The van der Waals surface area contributed by atoms with E-state index in [-0.39, 0.29) is 0 Å². The molecule has 0 N–H and O–H groups in total. The second-order valence-electron chi connectivity index (χ2n) is 14.8. The van der Waals surface area contributed by atoms with Gasteiger partial charge in [0.15, 0.2) is 0 Å². The van der Waals surface area contributed by atoms with Crippen molar-refractivity contribution in [3.05, 3.63) is 255 Å². The Hall–Kier alpha value is -7.52. The summed E-state index contributed by atoms with van der Waals surface area (Å²) in [6.45, 7) is 17.5. The number of fused-ring (bicyclic) bond motifs is 7. The Bertz CT molecular complexity index is 3290. The Labute approximate surface area is 356 Å². The Morgan fingerprint density at radius 3 is 2.00 bits per heavy atom. The van der Waals surface area contributed by atoms with Gasteiger partial charge in [-0.15, -0.1) is 11.3 Å². The van der Waals surface area contributed by atoms with Crippen LogP contribution in [0.15, 0.2) is 238 Å². The molecular weight excluding hydrogens is 743 g/mol. The lowest BCUT2D eigenvalue weighted by atomic mass is 9.93. The maximum absolute atomic E-state index is 4.68. The maximum Gasteiger partial charge on any atom is 0.0467 e. The fourth-order valence-corrected chi connectivity index (χ4v) is 9.37. The van der Waals surface area contributed by atoms with Crippen LogP contribution in [0.3, 0.4) is 0 Å². The quantitative estimate of drug-likeness (QED) is 0.0881. The van der Waals surface area contributed by atoms with E-state index in [2.05, 4.69) is 225 Å². The van der Waals surface area contributed by atoms with Crippen LogP contribution in [0.1, 0.15) is 16.7 Å². The molecule has 1 heterocycles. The molecule has 286 valence electrons. The van der Waals surface area contributed by atoms with Gasteiger partial charge >= 0.3 is 0 Å². The molecule has 0 fully saturated rings. The zero-order valence-corrected chi connectivity index (χ0v) is 34.2. The lowest BCUT2D eigenvalue weighted by Crippen LogP contribution is -2.19. The van der Waals surface area contributed by atoms with E-state index in [1.807, 2.05) is 29.6 Å². The van der Waals surface area contributed by atoms with E-state index in [1.54, 1.807) is 0 Å². The van der Waals surface area contributed by atoms with E-state index in [9.17, 15) is 0 Å². The molecule has 1 nitrogen and oxygen atoms in total. The summed E-state index contributed by atoms with van der Waals surface area (Å²) in [5.41, 5.74) is 9.13. The van der Waals surface area contributed by atoms with Crippen LogP contribution < -0.4 is 4.90 Å². The molecule has 60 heavy (non-hydrogen) atoms. The predicted octanol–water partition coefficient (Wildman–Crippen LogP) is 16.8. The fraction of sp³-hybridized carbons (Fsp3) is 0. The van der Waals surface area contributed by atoms with E-state index in [4.69, 9.17) is 0 Å². The molecule has 2 heteroatoms. The normalized spacial score (nSPS) is 12.2. The summed E-state index contributed by atoms with van der Waals surface area (Å²) in [6.07, 6.45) is 18.4. The predicted molar refractivity (Wildman–Crippen MR) is 267 cm³/mol. The van der Waals surface area contributed by atoms with E-state index < -0.39 is 0 Å². The van der Waals surface area contributed by atoms with Crippen LogP contribution in [0, 0.1) is 0 Å². The zero-order valence-electron chi connectivity index (χ0n) is 33.4. The van der Waals surface area contributed by atoms with E-state index >= 15 is 0 Å². The fourth-order valence-electron chi connectivity index (χ4n) is 8.18. The van der Waals surface area contributed by atoms with Gasteiger partial charge in [0.05, 0.1) is 0 Å². The molecule has 8 aromatic carbocycles. The van der Waals surface area contributed by atoms with Crippen molar-refractivity contribution >= 4 is 87.2 Å². The summed E-state index contributed by atoms with van der Waals surface area (Å²) in [5.74, 6) is 0. The third-order valence-electron chi connectivity index (χ3n) is 11.1. The van der Waals surface area contributed by atoms with Crippen LogP contribution in [0.4, 0.5) is 5.69 Å². The largest absolute Gasteiger partial charge is 0.311 e. The van der Waals surface area contributed by atoms with Crippen molar-refractivity contribution in [2.75, 3.05) is 4.90 Å². The van der Waals surface area contributed by atoms with Crippen LogP contribution in [0.5, 0.6) is 0 Å². The van der Waals surface area contributed by atoms with Gasteiger partial charge in [-0.05, 0) is 120 Å². The average Bonchev–Trinajstić information content (AvgIpc) is 3.69. The first-order valence-corrected chi connectivity index (χ1v) is 20.9. The molecule has 1 aromatic heterocycles. The number of nitrogens with zero attached hydrogens (tertiary/aromatic N) is 1. The molecule has 0 radical (unpaired) electrons. The minimum absolute atomic E-state index is 0.773. The Kier molecular flexibility index (Phi) is 10.6. The number of hydrogen-bond acceptors (Lipinski definition) is 2. The first kappa shape index (κ1) is 38.0. The second-order valence-corrected chi connectivity index (χ2v) is 15.8. The van der Waals surface area contributed by atoms with Crippen molar-refractivity contribution in [1.82, 2.24) is 0 Å². The Morgan fingerprint density at radius 1 is 0.533 bits per heavy atom. The number of anilines is 1. The Morgan fingerprint density at radius 2 is 1.20 bits per heavy atom. The van der Waals surface area contributed by atoms with Gasteiger partial charge in [0.25, 0.3) is 0 Å². The van der Waals surface area contributed by atoms with E-state index in [0.717, 1.165) is 44.9 Å². The molecule has 0 unspecified atom stereocenters. The summed E-state index contributed by atoms with van der Waals surface area (Å²) in [5, 5.41) is 9.74. The highest BCUT2D eigenvalue weighted by Gasteiger charge is 2.16. The summed E-state index contributed by atoms with van der Waals surface area (Å²) >= 11 is 1.83. The van der Waals surface area contributed by atoms with Crippen LogP contribution in [-0.2, 0) is 0 Å².